The van der Waals surface area contributed by atoms with Crippen molar-refractivity contribution in [3.63, 3.8) is 0 Å². The molecule has 6 heteroatoms. The molecule has 0 saturated carbocycles. The van der Waals surface area contributed by atoms with Crippen LogP contribution in [0.3, 0.4) is 0 Å². The highest BCUT2D eigenvalue weighted by Gasteiger charge is 2.32. The molecule has 1 aliphatic carbocycles. The van der Waals surface area contributed by atoms with E-state index in [4.69, 9.17) is 14.2 Å². The van der Waals surface area contributed by atoms with E-state index in [1.54, 1.807) is 12.1 Å². The number of rotatable bonds is 6. The number of hydrogen-bond donors (Lipinski definition) is 1. The minimum absolute atomic E-state index is 0.0798. The summed E-state index contributed by atoms with van der Waals surface area (Å²) in [5, 5.41) is 9.51. The Morgan fingerprint density at radius 1 is 1.25 bits per heavy atom. The molecule has 2 heterocycles. The zero-order valence-electron chi connectivity index (χ0n) is 17.8. The Labute approximate surface area is 186 Å². The summed E-state index contributed by atoms with van der Waals surface area (Å²) in [7, 11) is 0. The first-order valence-corrected chi connectivity index (χ1v) is 10.7. The summed E-state index contributed by atoms with van der Waals surface area (Å²) < 4.78 is 32.8. The first kappa shape index (κ1) is 20.4. The molecule has 1 N–H and O–H groups in total. The molecule has 0 fully saturated rings. The summed E-state index contributed by atoms with van der Waals surface area (Å²) in [5.74, 6) is 2.37. The number of allylic oxidation sites excluding steroid dienone is 1. The predicted octanol–water partition coefficient (Wildman–Crippen LogP) is 6.33. The highest BCUT2D eigenvalue weighted by molar-refractivity contribution is 5.49. The maximum Gasteiger partial charge on any atom is 0.219 e. The second-order valence-corrected chi connectivity index (χ2v) is 8.28. The fourth-order valence-electron chi connectivity index (χ4n) is 4.49. The third-order valence-electron chi connectivity index (χ3n) is 5.94. The number of ether oxygens (including phenoxy) is 3. The van der Waals surface area contributed by atoms with Crippen molar-refractivity contribution in [1.82, 2.24) is 4.98 Å². The molecule has 0 bridgehead atoms. The van der Waals surface area contributed by atoms with Gasteiger partial charge in [0.1, 0.15) is 29.2 Å². The van der Waals surface area contributed by atoms with Crippen molar-refractivity contribution in [3.8, 4) is 23.1 Å². The molecule has 2 aromatic carbocycles. The van der Waals surface area contributed by atoms with Crippen LogP contribution in [0.5, 0.6) is 23.1 Å². The molecule has 0 spiro atoms. The van der Waals surface area contributed by atoms with Crippen molar-refractivity contribution in [2.75, 3.05) is 6.61 Å². The SMILES string of the molecule is C=C(O)C[C@@H]1COc2cc(O[C@@H]3CCc4c(Oc5cccc(C)n5)ccc(F)c43)ccc21. The van der Waals surface area contributed by atoms with Crippen molar-refractivity contribution in [2.24, 2.45) is 0 Å². The van der Waals surface area contributed by atoms with Gasteiger partial charge in [-0.3, -0.25) is 0 Å². The average molecular weight is 433 g/mol. The number of aliphatic hydroxyl groups is 1. The Bertz CT molecular complexity index is 1190. The predicted molar refractivity (Wildman–Crippen MR) is 118 cm³/mol. The van der Waals surface area contributed by atoms with E-state index >= 15 is 0 Å². The van der Waals surface area contributed by atoms with E-state index in [0.717, 1.165) is 22.6 Å². The first-order chi connectivity index (χ1) is 15.5. The van der Waals surface area contributed by atoms with Gasteiger partial charge in [-0.05, 0) is 44.0 Å². The van der Waals surface area contributed by atoms with Crippen LogP contribution in [-0.4, -0.2) is 16.7 Å². The minimum Gasteiger partial charge on any atom is -0.513 e. The number of hydrogen-bond acceptors (Lipinski definition) is 5. The van der Waals surface area contributed by atoms with Crippen LogP contribution >= 0.6 is 0 Å². The first-order valence-electron chi connectivity index (χ1n) is 10.7. The number of aromatic nitrogens is 1. The Kier molecular flexibility index (Phi) is 5.21. The average Bonchev–Trinajstić information content (AvgIpc) is 3.35. The van der Waals surface area contributed by atoms with Gasteiger partial charge in [0.2, 0.25) is 5.88 Å². The van der Waals surface area contributed by atoms with Crippen LogP contribution < -0.4 is 14.2 Å². The number of nitrogens with zero attached hydrogens (tertiary/aromatic N) is 1. The van der Waals surface area contributed by atoms with Crippen molar-refractivity contribution >= 4 is 0 Å². The maximum absolute atomic E-state index is 14.8. The van der Waals surface area contributed by atoms with Crippen molar-refractivity contribution in [2.45, 2.75) is 38.2 Å². The molecule has 0 amide bonds. The Hall–Kier alpha value is -3.54. The monoisotopic (exact) mass is 433 g/mol. The van der Waals surface area contributed by atoms with E-state index in [1.165, 1.54) is 6.07 Å². The quantitative estimate of drug-likeness (QED) is 0.461. The second kappa shape index (κ2) is 8.19. The maximum atomic E-state index is 14.8. The minimum atomic E-state index is -0.411. The van der Waals surface area contributed by atoms with Gasteiger partial charge >= 0.3 is 0 Å². The number of pyridine rings is 1. The van der Waals surface area contributed by atoms with Crippen LogP contribution in [0.1, 0.15) is 47.2 Å². The molecule has 164 valence electrons. The molecule has 3 aromatic rings. The van der Waals surface area contributed by atoms with E-state index in [1.807, 2.05) is 37.3 Å². The van der Waals surface area contributed by atoms with Crippen LogP contribution in [0.2, 0.25) is 0 Å². The van der Waals surface area contributed by atoms with Crippen LogP contribution in [-0.2, 0) is 6.42 Å². The summed E-state index contributed by atoms with van der Waals surface area (Å²) in [6.45, 7) is 5.96. The fourth-order valence-corrected chi connectivity index (χ4v) is 4.49. The van der Waals surface area contributed by atoms with Crippen molar-refractivity contribution < 1.29 is 23.7 Å². The third-order valence-corrected chi connectivity index (χ3v) is 5.94. The number of aliphatic hydroxyl groups excluding tert-OH is 1. The van der Waals surface area contributed by atoms with Gasteiger partial charge in [-0.1, -0.05) is 18.7 Å². The molecule has 1 aliphatic heterocycles. The lowest BCUT2D eigenvalue weighted by Crippen LogP contribution is -2.06. The van der Waals surface area contributed by atoms with E-state index < -0.39 is 6.10 Å². The number of benzene rings is 2. The van der Waals surface area contributed by atoms with Crippen LogP contribution in [0.4, 0.5) is 4.39 Å². The molecule has 0 radical (unpaired) electrons. The smallest absolute Gasteiger partial charge is 0.219 e. The van der Waals surface area contributed by atoms with Crippen molar-refractivity contribution in [3.05, 3.63) is 89.1 Å². The fraction of sp³-hybridized carbons (Fsp3) is 0.269. The van der Waals surface area contributed by atoms with Gasteiger partial charge in [0.25, 0.3) is 0 Å². The van der Waals surface area contributed by atoms with Gasteiger partial charge in [-0.15, -0.1) is 0 Å². The van der Waals surface area contributed by atoms with Gasteiger partial charge < -0.3 is 19.3 Å². The van der Waals surface area contributed by atoms with Crippen LogP contribution in [0.15, 0.2) is 60.9 Å². The molecule has 2 aliphatic rings. The highest BCUT2D eigenvalue weighted by Crippen LogP contribution is 2.44. The lowest BCUT2D eigenvalue weighted by molar-refractivity contribution is 0.202. The number of fused-ring (bicyclic) bond motifs is 2. The Morgan fingerprint density at radius 3 is 2.94 bits per heavy atom. The van der Waals surface area contributed by atoms with Gasteiger partial charge in [0.05, 0.1) is 12.4 Å². The second-order valence-electron chi connectivity index (χ2n) is 8.28. The van der Waals surface area contributed by atoms with Crippen LogP contribution in [0, 0.1) is 12.7 Å². The highest BCUT2D eigenvalue weighted by atomic mass is 19.1. The van der Waals surface area contributed by atoms with Crippen molar-refractivity contribution in [1.29, 1.82) is 0 Å². The van der Waals surface area contributed by atoms with Crippen LogP contribution in [0.25, 0.3) is 0 Å². The zero-order chi connectivity index (χ0) is 22.2. The normalized spacial score (nSPS) is 18.6. The number of halogens is 1. The zero-order valence-corrected chi connectivity index (χ0v) is 17.8. The summed E-state index contributed by atoms with van der Waals surface area (Å²) in [6.07, 6.45) is 1.36. The van der Waals surface area contributed by atoms with E-state index in [0.29, 0.717) is 48.8 Å². The molecule has 0 unspecified atom stereocenters. The standard InChI is InChI=1S/C26H24FNO4/c1-15-4-3-5-25(28-15)32-22-11-9-21(27)26-20(22)8-10-23(26)31-18-6-7-19-17(12-16(2)29)14-30-24(19)13-18/h3-7,9,11,13,17,23,29H,2,8,10,12,14H2,1H3/t17-,23-/m1/s1. The summed E-state index contributed by atoms with van der Waals surface area (Å²) in [4.78, 5) is 4.38. The molecule has 5 nitrogen and oxygen atoms in total. The molecular formula is C26H24FNO4. The summed E-state index contributed by atoms with van der Waals surface area (Å²) >= 11 is 0. The van der Waals surface area contributed by atoms with E-state index in [2.05, 4.69) is 11.6 Å². The largest absolute Gasteiger partial charge is 0.513 e. The lowest BCUT2D eigenvalue weighted by atomic mass is 9.97. The van der Waals surface area contributed by atoms with Gasteiger partial charge in [-0.2, -0.15) is 0 Å². The van der Waals surface area contributed by atoms with E-state index in [9.17, 15) is 9.50 Å². The Morgan fingerprint density at radius 2 is 2.12 bits per heavy atom. The van der Waals surface area contributed by atoms with E-state index in [-0.39, 0.29) is 17.5 Å². The topological polar surface area (TPSA) is 60.8 Å². The molecular weight excluding hydrogens is 409 g/mol. The molecule has 1 aromatic heterocycles. The molecule has 5 rings (SSSR count). The molecule has 0 saturated heterocycles. The third kappa shape index (κ3) is 3.88. The molecule has 2 atom stereocenters. The Balaban J connectivity index is 1.38. The van der Waals surface area contributed by atoms with Gasteiger partial charge in [0.15, 0.2) is 0 Å². The summed E-state index contributed by atoms with van der Waals surface area (Å²) in [5.41, 5.74) is 3.22. The molecule has 32 heavy (non-hydrogen) atoms. The van der Waals surface area contributed by atoms with Gasteiger partial charge in [-0.25, -0.2) is 9.37 Å². The lowest BCUT2D eigenvalue weighted by Gasteiger charge is -2.17. The number of aryl methyl sites for hydroxylation is 1. The van der Waals surface area contributed by atoms with Gasteiger partial charge in [0, 0.05) is 46.9 Å². The summed E-state index contributed by atoms with van der Waals surface area (Å²) in [6, 6.07) is 14.3.